The third-order valence-corrected chi connectivity index (χ3v) is 2.41. The highest BCUT2D eigenvalue weighted by molar-refractivity contribution is 5.89. The molecule has 3 nitrogen and oxygen atoms in total. The lowest BCUT2D eigenvalue weighted by atomic mass is 10.2. The lowest BCUT2D eigenvalue weighted by molar-refractivity contribution is 0.0450. The number of esters is 1. The zero-order valence-corrected chi connectivity index (χ0v) is 10.2. The molecule has 0 N–H and O–H groups in total. The standard InChI is InChI=1S/C15H13FO3/c16-13-8-6-12(7-9-13)15(17)19-11-10-18-14-4-2-1-3-5-14/h1-9H,10-11H2. The Morgan fingerprint density at radius 3 is 2.32 bits per heavy atom. The van der Waals surface area contributed by atoms with Gasteiger partial charge in [0.15, 0.2) is 0 Å². The van der Waals surface area contributed by atoms with Crippen LogP contribution in [0.25, 0.3) is 0 Å². The van der Waals surface area contributed by atoms with Gasteiger partial charge in [0.05, 0.1) is 5.56 Å². The van der Waals surface area contributed by atoms with Crippen molar-refractivity contribution in [3.63, 3.8) is 0 Å². The normalized spacial score (nSPS) is 9.95. The Morgan fingerprint density at radius 2 is 1.63 bits per heavy atom. The first-order valence-electron chi connectivity index (χ1n) is 5.86. The Labute approximate surface area is 110 Å². The van der Waals surface area contributed by atoms with Crippen molar-refractivity contribution in [1.29, 1.82) is 0 Å². The van der Waals surface area contributed by atoms with Crippen LogP contribution in [0.1, 0.15) is 10.4 Å². The van der Waals surface area contributed by atoms with Crippen LogP contribution >= 0.6 is 0 Å². The van der Waals surface area contributed by atoms with Crippen LogP contribution < -0.4 is 4.74 Å². The van der Waals surface area contributed by atoms with Crippen LogP contribution in [-0.2, 0) is 4.74 Å². The number of benzene rings is 2. The molecule has 2 aromatic carbocycles. The first-order valence-corrected chi connectivity index (χ1v) is 5.86. The molecule has 2 aromatic rings. The second kappa shape index (κ2) is 6.54. The molecule has 0 aliphatic carbocycles. The van der Waals surface area contributed by atoms with E-state index in [-0.39, 0.29) is 19.0 Å². The van der Waals surface area contributed by atoms with E-state index in [4.69, 9.17) is 9.47 Å². The summed E-state index contributed by atoms with van der Waals surface area (Å²) < 4.78 is 23.0. The molecule has 0 aliphatic heterocycles. The van der Waals surface area contributed by atoms with Gasteiger partial charge in [-0.2, -0.15) is 0 Å². The van der Waals surface area contributed by atoms with Crippen molar-refractivity contribution in [3.8, 4) is 5.75 Å². The molecule has 19 heavy (non-hydrogen) atoms. The molecule has 0 saturated heterocycles. The van der Waals surface area contributed by atoms with Crippen molar-refractivity contribution in [1.82, 2.24) is 0 Å². The van der Waals surface area contributed by atoms with Gasteiger partial charge in [0.25, 0.3) is 0 Å². The zero-order valence-electron chi connectivity index (χ0n) is 10.2. The van der Waals surface area contributed by atoms with Gasteiger partial charge < -0.3 is 9.47 Å². The molecule has 0 bridgehead atoms. The van der Waals surface area contributed by atoms with E-state index in [2.05, 4.69) is 0 Å². The molecule has 0 radical (unpaired) electrons. The number of carbonyl (C=O) groups is 1. The first-order chi connectivity index (χ1) is 9.25. The molecule has 0 unspecified atom stereocenters. The summed E-state index contributed by atoms with van der Waals surface area (Å²) in [4.78, 5) is 11.6. The summed E-state index contributed by atoms with van der Waals surface area (Å²) in [5, 5.41) is 0. The number of halogens is 1. The van der Waals surface area contributed by atoms with E-state index in [1.165, 1.54) is 24.3 Å². The van der Waals surface area contributed by atoms with Gasteiger partial charge in [-0.1, -0.05) is 18.2 Å². The van der Waals surface area contributed by atoms with Gasteiger partial charge in [-0.05, 0) is 36.4 Å². The van der Waals surface area contributed by atoms with Gasteiger partial charge in [-0.25, -0.2) is 9.18 Å². The number of hydrogen-bond acceptors (Lipinski definition) is 3. The number of hydrogen-bond donors (Lipinski definition) is 0. The Hall–Kier alpha value is -2.36. The van der Waals surface area contributed by atoms with Crippen molar-refractivity contribution in [2.45, 2.75) is 0 Å². The first kappa shape index (κ1) is 13.1. The third-order valence-electron chi connectivity index (χ3n) is 2.41. The molecule has 98 valence electrons. The Balaban J connectivity index is 1.74. The lowest BCUT2D eigenvalue weighted by Crippen LogP contribution is -2.12. The Morgan fingerprint density at radius 1 is 0.947 bits per heavy atom. The average Bonchev–Trinajstić information content (AvgIpc) is 2.45. The van der Waals surface area contributed by atoms with Gasteiger partial charge in [-0.15, -0.1) is 0 Å². The summed E-state index contributed by atoms with van der Waals surface area (Å²) in [6.45, 7) is 0.419. The predicted molar refractivity (Wildman–Crippen MR) is 68.6 cm³/mol. The van der Waals surface area contributed by atoms with Crippen LogP contribution in [0, 0.1) is 5.82 Å². The maximum atomic E-state index is 12.7. The SMILES string of the molecule is O=C(OCCOc1ccccc1)c1ccc(F)cc1. The van der Waals surface area contributed by atoms with Gasteiger partial charge in [0.1, 0.15) is 24.8 Å². The van der Waals surface area contributed by atoms with Gasteiger partial charge in [0.2, 0.25) is 0 Å². The second-order valence-electron chi connectivity index (χ2n) is 3.80. The number of para-hydroxylation sites is 1. The number of rotatable bonds is 5. The molecule has 0 aromatic heterocycles. The molecular weight excluding hydrogens is 247 g/mol. The molecule has 2 rings (SSSR count). The largest absolute Gasteiger partial charge is 0.490 e. The van der Waals surface area contributed by atoms with Gasteiger partial charge >= 0.3 is 5.97 Å². The maximum Gasteiger partial charge on any atom is 0.338 e. The van der Waals surface area contributed by atoms with Crippen molar-refractivity contribution < 1.29 is 18.7 Å². The summed E-state index contributed by atoms with van der Waals surface area (Å²) in [5.41, 5.74) is 0.320. The summed E-state index contributed by atoms with van der Waals surface area (Å²) in [6.07, 6.45) is 0. The van der Waals surface area contributed by atoms with Crippen LogP contribution in [0.3, 0.4) is 0 Å². The molecular formula is C15H13FO3. The fraction of sp³-hybridized carbons (Fsp3) is 0.133. The average molecular weight is 260 g/mol. The molecule has 0 heterocycles. The maximum absolute atomic E-state index is 12.7. The summed E-state index contributed by atoms with van der Waals surface area (Å²) in [6, 6.07) is 14.5. The molecule has 0 atom stereocenters. The summed E-state index contributed by atoms with van der Waals surface area (Å²) in [5.74, 6) is -0.152. The van der Waals surface area contributed by atoms with Crippen LogP contribution in [0.5, 0.6) is 5.75 Å². The Kier molecular flexibility index (Phi) is 4.50. The summed E-state index contributed by atoms with van der Waals surface area (Å²) >= 11 is 0. The van der Waals surface area contributed by atoms with Crippen LogP contribution in [-0.4, -0.2) is 19.2 Å². The molecule has 0 amide bonds. The van der Waals surface area contributed by atoms with E-state index in [0.29, 0.717) is 5.56 Å². The molecule has 4 heteroatoms. The second-order valence-corrected chi connectivity index (χ2v) is 3.80. The minimum Gasteiger partial charge on any atom is -0.490 e. The number of ether oxygens (including phenoxy) is 2. The topological polar surface area (TPSA) is 35.5 Å². The highest BCUT2D eigenvalue weighted by atomic mass is 19.1. The lowest BCUT2D eigenvalue weighted by Gasteiger charge is -2.07. The van der Waals surface area contributed by atoms with Gasteiger partial charge in [0, 0.05) is 0 Å². The Bertz CT molecular complexity index is 523. The third kappa shape index (κ3) is 4.10. The highest BCUT2D eigenvalue weighted by Crippen LogP contribution is 2.08. The van der Waals surface area contributed by atoms with Crippen LogP contribution in [0.4, 0.5) is 4.39 Å². The smallest absolute Gasteiger partial charge is 0.338 e. The predicted octanol–water partition coefficient (Wildman–Crippen LogP) is 3.06. The quantitative estimate of drug-likeness (QED) is 0.612. The fourth-order valence-electron chi connectivity index (χ4n) is 1.48. The van der Waals surface area contributed by atoms with E-state index < -0.39 is 5.97 Å². The van der Waals surface area contributed by atoms with Gasteiger partial charge in [-0.3, -0.25) is 0 Å². The van der Waals surface area contributed by atoms with E-state index >= 15 is 0 Å². The highest BCUT2D eigenvalue weighted by Gasteiger charge is 2.06. The fourth-order valence-corrected chi connectivity index (χ4v) is 1.48. The van der Waals surface area contributed by atoms with E-state index in [0.717, 1.165) is 5.75 Å². The molecule has 0 aliphatic rings. The van der Waals surface area contributed by atoms with E-state index in [9.17, 15) is 9.18 Å². The summed E-state index contributed by atoms with van der Waals surface area (Å²) in [7, 11) is 0. The minimum absolute atomic E-state index is 0.144. The minimum atomic E-state index is -0.489. The molecule has 0 fully saturated rings. The van der Waals surface area contributed by atoms with Crippen molar-refractivity contribution in [2.75, 3.05) is 13.2 Å². The van der Waals surface area contributed by atoms with E-state index in [1.54, 1.807) is 0 Å². The zero-order chi connectivity index (χ0) is 13.5. The monoisotopic (exact) mass is 260 g/mol. The van der Waals surface area contributed by atoms with Crippen molar-refractivity contribution >= 4 is 5.97 Å². The van der Waals surface area contributed by atoms with Crippen LogP contribution in [0.2, 0.25) is 0 Å². The number of carbonyl (C=O) groups excluding carboxylic acids is 1. The van der Waals surface area contributed by atoms with Crippen LogP contribution in [0.15, 0.2) is 54.6 Å². The van der Waals surface area contributed by atoms with Crippen molar-refractivity contribution in [3.05, 3.63) is 66.0 Å². The molecule has 0 spiro atoms. The van der Waals surface area contributed by atoms with E-state index in [1.807, 2.05) is 30.3 Å². The molecule has 0 saturated carbocycles. The van der Waals surface area contributed by atoms with Crippen molar-refractivity contribution in [2.24, 2.45) is 0 Å².